The fourth-order valence-corrected chi connectivity index (χ4v) is 2.59. The molecule has 0 aliphatic rings. The summed E-state index contributed by atoms with van der Waals surface area (Å²) in [7, 11) is 0. The molecule has 0 radical (unpaired) electrons. The van der Waals surface area contributed by atoms with Gasteiger partial charge in [-0.05, 0) is 36.9 Å². The van der Waals surface area contributed by atoms with Crippen molar-refractivity contribution >= 4 is 16.9 Å². The van der Waals surface area contributed by atoms with E-state index >= 15 is 0 Å². The topological polar surface area (TPSA) is 53.4 Å². The number of fused-ring (bicyclic) bond motifs is 1. The van der Waals surface area contributed by atoms with Crippen LogP contribution in [-0.4, -0.2) is 34.0 Å². The molecule has 0 amide bonds. The van der Waals surface area contributed by atoms with Crippen LogP contribution in [0.4, 0.5) is 0 Å². The molecule has 2 rings (SSSR count). The first-order valence-electron chi connectivity index (χ1n) is 6.96. The number of aromatic nitrogens is 1. The highest BCUT2D eigenvalue weighted by atomic mass is 16.4. The van der Waals surface area contributed by atoms with Gasteiger partial charge in [0.1, 0.15) is 0 Å². The van der Waals surface area contributed by atoms with Crippen molar-refractivity contribution < 1.29 is 9.90 Å². The van der Waals surface area contributed by atoms with Crippen molar-refractivity contribution in [2.45, 2.75) is 26.3 Å². The first-order chi connectivity index (χ1) is 9.65. The van der Waals surface area contributed by atoms with E-state index < -0.39 is 5.97 Å². The molecule has 106 valence electrons. The monoisotopic (exact) mass is 272 g/mol. The van der Waals surface area contributed by atoms with Gasteiger partial charge in [0, 0.05) is 17.6 Å². The van der Waals surface area contributed by atoms with Gasteiger partial charge in [0.25, 0.3) is 0 Å². The minimum absolute atomic E-state index is 0.0906. The van der Waals surface area contributed by atoms with Gasteiger partial charge < -0.3 is 5.11 Å². The van der Waals surface area contributed by atoms with Crippen LogP contribution in [0.5, 0.6) is 0 Å². The summed E-state index contributed by atoms with van der Waals surface area (Å²) in [5.74, 6) is -0.770. The van der Waals surface area contributed by atoms with Crippen molar-refractivity contribution in [2.24, 2.45) is 0 Å². The maximum Gasteiger partial charge on any atom is 0.305 e. The molecule has 0 saturated carbocycles. The number of hydrogen-bond donors (Lipinski definition) is 1. The van der Waals surface area contributed by atoms with Crippen LogP contribution in [-0.2, 0) is 4.79 Å². The van der Waals surface area contributed by atoms with E-state index in [1.807, 2.05) is 30.3 Å². The summed E-state index contributed by atoms with van der Waals surface area (Å²) in [6, 6.07) is 9.81. The van der Waals surface area contributed by atoms with E-state index in [-0.39, 0.29) is 12.5 Å². The smallest absolute Gasteiger partial charge is 0.305 e. The van der Waals surface area contributed by atoms with Crippen LogP contribution >= 0.6 is 0 Å². The second-order valence-corrected chi connectivity index (χ2v) is 4.79. The maximum absolute atomic E-state index is 11.1. The van der Waals surface area contributed by atoms with Crippen molar-refractivity contribution in [3.05, 3.63) is 42.1 Å². The number of pyridine rings is 1. The molecule has 0 aliphatic carbocycles. The summed E-state index contributed by atoms with van der Waals surface area (Å²) in [4.78, 5) is 17.6. The molecule has 1 aromatic heterocycles. The molecule has 2 aromatic rings. The predicted molar refractivity (Wildman–Crippen MR) is 79.7 cm³/mol. The SMILES string of the molecule is CCN(CC)C(CC(=O)O)c1ccc2ncccc2c1. The molecular weight excluding hydrogens is 252 g/mol. The molecule has 0 fully saturated rings. The molecule has 1 unspecified atom stereocenters. The average molecular weight is 272 g/mol. The lowest BCUT2D eigenvalue weighted by Gasteiger charge is -2.29. The Balaban J connectivity index is 2.41. The van der Waals surface area contributed by atoms with Crippen LogP contribution in [0.25, 0.3) is 10.9 Å². The van der Waals surface area contributed by atoms with Crippen molar-refractivity contribution in [1.29, 1.82) is 0 Å². The molecule has 1 heterocycles. The van der Waals surface area contributed by atoms with Gasteiger partial charge in [-0.3, -0.25) is 14.7 Å². The minimum atomic E-state index is -0.770. The van der Waals surface area contributed by atoms with Crippen LogP contribution in [0.2, 0.25) is 0 Å². The number of nitrogens with zero attached hydrogens (tertiary/aromatic N) is 2. The van der Waals surface area contributed by atoms with E-state index in [2.05, 4.69) is 23.7 Å². The largest absolute Gasteiger partial charge is 0.481 e. The van der Waals surface area contributed by atoms with Gasteiger partial charge >= 0.3 is 5.97 Å². The molecule has 4 heteroatoms. The van der Waals surface area contributed by atoms with Crippen molar-refractivity contribution in [1.82, 2.24) is 9.88 Å². The second-order valence-electron chi connectivity index (χ2n) is 4.79. The third-order valence-corrected chi connectivity index (χ3v) is 3.63. The number of carboxylic acid groups (broad SMARTS) is 1. The van der Waals surface area contributed by atoms with Crippen LogP contribution < -0.4 is 0 Å². The number of hydrogen-bond acceptors (Lipinski definition) is 3. The lowest BCUT2D eigenvalue weighted by Crippen LogP contribution is -2.30. The lowest BCUT2D eigenvalue weighted by molar-refractivity contribution is -0.138. The Kier molecular flexibility index (Phi) is 4.69. The molecule has 0 saturated heterocycles. The molecular formula is C16H20N2O2. The van der Waals surface area contributed by atoms with Gasteiger partial charge in [0.05, 0.1) is 11.9 Å². The number of benzene rings is 1. The molecule has 1 atom stereocenters. The van der Waals surface area contributed by atoms with E-state index in [0.29, 0.717) is 0 Å². The Morgan fingerprint density at radius 2 is 2.05 bits per heavy atom. The Morgan fingerprint density at radius 3 is 2.70 bits per heavy atom. The zero-order valence-electron chi connectivity index (χ0n) is 11.9. The summed E-state index contributed by atoms with van der Waals surface area (Å²) in [5, 5.41) is 10.2. The van der Waals surface area contributed by atoms with Crippen molar-refractivity contribution in [2.75, 3.05) is 13.1 Å². The minimum Gasteiger partial charge on any atom is -0.481 e. The maximum atomic E-state index is 11.1. The molecule has 0 spiro atoms. The van der Waals surface area contributed by atoms with Gasteiger partial charge in [0.2, 0.25) is 0 Å². The Labute approximate surface area is 119 Å². The van der Waals surface area contributed by atoms with Gasteiger partial charge in [-0.15, -0.1) is 0 Å². The van der Waals surface area contributed by atoms with E-state index in [1.54, 1.807) is 6.20 Å². The zero-order valence-corrected chi connectivity index (χ0v) is 11.9. The van der Waals surface area contributed by atoms with Gasteiger partial charge in [-0.25, -0.2) is 0 Å². The van der Waals surface area contributed by atoms with E-state index in [1.165, 1.54) is 0 Å². The molecule has 4 nitrogen and oxygen atoms in total. The Hall–Kier alpha value is -1.94. The number of carbonyl (C=O) groups is 1. The normalized spacial score (nSPS) is 12.8. The highest BCUT2D eigenvalue weighted by molar-refractivity contribution is 5.79. The number of aliphatic carboxylic acids is 1. The summed E-state index contributed by atoms with van der Waals surface area (Å²) in [6.45, 7) is 5.78. The Morgan fingerprint density at radius 1 is 1.30 bits per heavy atom. The average Bonchev–Trinajstić information content (AvgIpc) is 2.46. The highest BCUT2D eigenvalue weighted by Gasteiger charge is 2.21. The van der Waals surface area contributed by atoms with Gasteiger partial charge in [-0.1, -0.05) is 26.0 Å². The van der Waals surface area contributed by atoms with Crippen LogP contribution in [0.1, 0.15) is 31.9 Å². The van der Waals surface area contributed by atoms with Crippen molar-refractivity contribution in [3.63, 3.8) is 0 Å². The molecule has 0 bridgehead atoms. The number of carboxylic acids is 1. The first kappa shape index (κ1) is 14.5. The third-order valence-electron chi connectivity index (χ3n) is 3.63. The fourth-order valence-electron chi connectivity index (χ4n) is 2.59. The summed E-state index contributed by atoms with van der Waals surface area (Å²) in [6.07, 6.45) is 1.88. The zero-order chi connectivity index (χ0) is 14.5. The van der Waals surface area contributed by atoms with Crippen LogP contribution in [0, 0.1) is 0 Å². The quantitative estimate of drug-likeness (QED) is 0.878. The predicted octanol–water partition coefficient (Wildman–Crippen LogP) is 3.09. The van der Waals surface area contributed by atoms with Gasteiger partial charge in [-0.2, -0.15) is 0 Å². The van der Waals surface area contributed by atoms with E-state index in [0.717, 1.165) is 29.6 Å². The van der Waals surface area contributed by atoms with Crippen molar-refractivity contribution in [3.8, 4) is 0 Å². The molecule has 1 N–H and O–H groups in total. The fraction of sp³-hybridized carbons (Fsp3) is 0.375. The molecule has 0 aliphatic heterocycles. The first-order valence-corrected chi connectivity index (χ1v) is 6.96. The summed E-state index contributed by atoms with van der Waals surface area (Å²) in [5.41, 5.74) is 1.97. The van der Waals surface area contributed by atoms with E-state index in [4.69, 9.17) is 5.11 Å². The van der Waals surface area contributed by atoms with E-state index in [9.17, 15) is 4.79 Å². The second kappa shape index (κ2) is 6.48. The van der Waals surface area contributed by atoms with Crippen LogP contribution in [0.15, 0.2) is 36.5 Å². The number of rotatable bonds is 6. The summed E-state index contributed by atoms with van der Waals surface area (Å²) < 4.78 is 0. The molecule has 1 aromatic carbocycles. The van der Waals surface area contributed by atoms with Gasteiger partial charge in [0.15, 0.2) is 0 Å². The highest BCUT2D eigenvalue weighted by Crippen LogP contribution is 2.26. The molecule has 20 heavy (non-hydrogen) atoms. The summed E-state index contributed by atoms with van der Waals surface area (Å²) >= 11 is 0. The van der Waals surface area contributed by atoms with Crippen LogP contribution in [0.3, 0.4) is 0 Å². The Bertz CT molecular complexity index is 594. The lowest BCUT2D eigenvalue weighted by atomic mass is 10.00. The third kappa shape index (κ3) is 3.14. The standard InChI is InChI=1S/C16H20N2O2/c1-3-18(4-2)15(11-16(19)20)13-7-8-14-12(10-13)6-5-9-17-14/h5-10,15H,3-4,11H2,1-2H3,(H,19,20).